The first-order chi connectivity index (χ1) is 10.8. The van der Waals surface area contributed by atoms with E-state index < -0.39 is 0 Å². The normalized spacial score (nSPS) is 11.8. The molecule has 0 aliphatic carbocycles. The standard InChI is InChI=1S/C18H26N4O.ClH/c1-12-8-6-7-9-17(12)22-15(4)16(14(3)20-22)11-21(5)18(23)10-13(2)19;/h6-9,13H,10-11,19H2,1-5H3;1H. The Morgan fingerprint density at radius 3 is 2.50 bits per heavy atom. The first kappa shape index (κ1) is 20.2. The smallest absolute Gasteiger partial charge is 0.224 e. The van der Waals surface area contributed by atoms with E-state index in [2.05, 4.69) is 24.2 Å². The van der Waals surface area contributed by atoms with Crippen LogP contribution in [0.1, 0.15) is 35.9 Å². The van der Waals surface area contributed by atoms with Crippen molar-refractivity contribution in [1.82, 2.24) is 14.7 Å². The molecule has 0 aliphatic heterocycles. The van der Waals surface area contributed by atoms with Gasteiger partial charge in [-0.05, 0) is 39.3 Å². The van der Waals surface area contributed by atoms with Gasteiger partial charge in [0.05, 0.1) is 11.4 Å². The number of rotatable bonds is 5. The molecular formula is C18H27ClN4O. The number of aryl methyl sites for hydroxylation is 2. The Hall–Kier alpha value is -1.85. The topological polar surface area (TPSA) is 64.2 Å². The summed E-state index contributed by atoms with van der Waals surface area (Å²) in [5.74, 6) is 0.0578. The number of para-hydroxylation sites is 1. The average molecular weight is 351 g/mol. The molecule has 132 valence electrons. The zero-order chi connectivity index (χ0) is 17.1. The van der Waals surface area contributed by atoms with E-state index in [-0.39, 0.29) is 24.4 Å². The average Bonchev–Trinajstić information content (AvgIpc) is 2.75. The number of hydrogen-bond acceptors (Lipinski definition) is 3. The molecule has 0 saturated heterocycles. The van der Waals surface area contributed by atoms with Crippen molar-refractivity contribution in [3.8, 4) is 5.69 Å². The molecule has 2 N–H and O–H groups in total. The Kier molecular flexibility index (Phi) is 6.99. The summed E-state index contributed by atoms with van der Waals surface area (Å²) < 4.78 is 1.96. The molecule has 1 heterocycles. The molecule has 5 nitrogen and oxygen atoms in total. The second-order valence-corrected chi connectivity index (χ2v) is 6.28. The minimum absolute atomic E-state index is 0. The summed E-state index contributed by atoms with van der Waals surface area (Å²) in [7, 11) is 1.81. The lowest BCUT2D eigenvalue weighted by atomic mass is 10.1. The van der Waals surface area contributed by atoms with Gasteiger partial charge in [-0.15, -0.1) is 12.4 Å². The molecule has 6 heteroatoms. The van der Waals surface area contributed by atoms with Gasteiger partial charge >= 0.3 is 0 Å². The molecule has 0 spiro atoms. The van der Waals surface area contributed by atoms with Crippen molar-refractivity contribution in [2.24, 2.45) is 5.73 Å². The number of aromatic nitrogens is 2. The number of amides is 1. The van der Waals surface area contributed by atoms with Gasteiger partial charge in [-0.2, -0.15) is 5.10 Å². The second-order valence-electron chi connectivity index (χ2n) is 6.28. The summed E-state index contributed by atoms with van der Waals surface area (Å²) in [5.41, 5.74) is 11.1. The van der Waals surface area contributed by atoms with Crippen LogP contribution in [-0.2, 0) is 11.3 Å². The Labute approximate surface area is 150 Å². The summed E-state index contributed by atoms with van der Waals surface area (Å²) in [6, 6.07) is 8.04. The first-order valence-corrected chi connectivity index (χ1v) is 7.92. The number of halogens is 1. The number of carbonyl (C=O) groups excluding carboxylic acids is 1. The molecule has 0 radical (unpaired) electrons. The zero-order valence-electron chi connectivity index (χ0n) is 15.0. The van der Waals surface area contributed by atoms with Crippen LogP contribution in [-0.4, -0.2) is 33.7 Å². The minimum atomic E-state index is -0.123. The molecule has 2 aromatic rings. The highest BCUT2D eigenvalue weighted by molar-refractivity contribution is 5.85. The maximum absolute atomic E-state index is 12.1. The van der Waals surface area contributed by atoms with E-state index in [0.29, 0.717) is 13.0 Å². The van der Waals surface area contributed by atoms with Gasteiger partial charge in [0.2, 0.25) is 5.91 Å². The van der Waals surface area contributed by atoms with Crippen LogP contribution in [0.4, 0.5) is 0 Å². The van der Waals surface area contributed by atoms with Gasteiger partial charge in [-0.1, -0.05) is 18.2 Å². The van der Waals surface area contributed by atoms with Crippen LogP contribution in [0.5, 0.6) is 0 Å². The quantitative estimate of drug-likeness (QED) is 0.901. The Balaban J connectivity index is 0.00000288. The molecule has 0 saturated carbocycles. The Morgan fingerprint density at radius 2 is 1.92 bits per heavy atom. The van der Waals surface area contributed by atoms with Crippen LogP contribution in [0.2, 0.25) is 0 Å². The van der Waals surface area contributed by atoms with Crippen LogP contribution in [0.3, 0.4) is 0 Å². The van der Waals surface area contributed by atoms with E-state index in [4.69, 9.17) is 5.73 Å². The summed E-state index contributed by atoms with van der Waals surface area (Å²) >= 11 is 0. The molecule has 0 aliphatic rings. The lowest BCUT2D eigenvalue weighted by Crippen LogP contribution is -2.31. The highest BCUT2D eigenvalue weighted by atomic mass is 35.5. The third kappa shape index (κ3) is 4.36. The predicted molar refractivity (Wildman–Crippen MR) is 99.8 cm³/mol. The number of nitrogens with two attached hydrogens (primary N) is 1. The lowest BCUT2D eigenvalue weighted by Gasteiger charge is -2.18. The van der Waals surface area contributed by atoms with E-state index in [0.717, 1.165) is 22.6 Å². The van der Waals surface area contributed by atoms with Crippen molar-refractivity contribution >= 4 is 18.3 Å². The molecule has 1 aromatic carbocycles. The molecule has 1 aromatic heterocycles. The first-order valence-electron chi connectivity index (χ1n) is 7.92. The Bertz CT molecular complexity index is 709. The lowest BCUT2D eigenvalue weighted by molar-refractivity contribution is -0.130. The van der Waals surface area contributed by atoms with Crippen LogP contribution in [0.25, 0.3) is 5.69 Å². The fraction of sp³-hybridized carbons (Fsp3) is 0.444. The van der Waals surface area contributed by atoms with Crippen molar-refractivity contribution in [2.75, 3.05) is 7.05 Å². The molecule has 1 unspecified atom stereocenters. The molecular weight excluding hydrogens is 324 g/mol. The van der Waals surface area contributed by atoms with Gasteiger partial charge in [-0.25, -0.2) is 4.68 Å². The number of benzene rings is 1. The predicted octanol–water partition coefficient (Wildman–Crippen LogP) is 2.92. The third-order valence-electron chi connectivity index (χ3n) is 4.10. The van der Waals surface area contributed by atoms with Crippen molar-refractivity contribution in [1.29, 1.82) is 0 Å². The zero-order valence-corrected chi connectivity index (χ0v) is 15.9. The van der Waals surface area contributed by atoms with Crippen LogP contribution in [0.15, 0.2) is 24.3 Å². The largest absolute Gasteiger partial charge is 0.341 e. The SMILES string of the molecule is Cc1ccccc1-n1nc(C)c(CN(C)C(=O)CC(C)N)c1C.Cl. The molecule has 24 heavy (non-hydrogen) atoms. The van der Waals surface area contributed by atoms with Crippen LogP contribution >= 0.6 is 12.4 Å². The minimum Gasteiger partial charge on any atom is -0.341 e. The van der Waals surface area contributed by atoms with Crippen LogP contribution < -0.4 is 5.73 Å². The van der Waals surface area contributed by atoms with Gasteiger partial charge in [0, 0.05) is 37.3 Å². The molecule has 1 amide bonds. The van der Waals surface area contributed by atoms with Crippen LogP contribution in [0, 0.1) is 20.8 Å². The Morgan fingerprint density at radius 1 is 1.29 bits per heavy atom. The van der Waals surface area contributed by atoms with E-state index in [1.165, 1.54) is 5.56 Å². The van der Waals surface area contributed by atoms with E-state index in [1.807, 2.05) is 44.6 Å². The van der Waals surface area contributed by atoms with Gasteiger partial charge in [0.1, 0.15) is 0 Å². The van der Waals surface area contributed by atoms with Gasteiger partial charge in [0.15, 0.2) is 0 Å². The van der Waals surface area contributed by atoms with Crippen molar-refractivity contribution in [3.63, 3.8) is 0 Å². The monoisotopic (exact) mass is 350 g/mol. The van der Waals surface area contributed by atoms with Gasteiger partial charge < -0.3 is 10.6 Å². The number of hydrogen-bond donors (Lipinski definition) is 1. The summed E-state index contributed by atoms with van der Waals surface area (Å²) in [6.07, 6.45) is 0.362. The summed E-state index contributed by atoms with van der Waals surface area (Å²) in [5, 5.41) is 4.67. The van der Waals surface area contributed by atoms with E-state index in [1.54, 1.807) is 4.90 Å². The maximum atomic E-state index is 12.1. The van der Waals surface area contributed by atoms with Crippen molar-refractivity contribution in [2.45, 2.75) is 46.7 Å². The molecule has 0 fully saturated rings. The molecule has 2 rings (SSSR count). The van der Waals surface area contributed by atoms with Gasteiger partial charge in [0.25, 0.3) is 0 Å². The highest BCUT2D eigenvalue weighted by Crippen LogP contribution is 2.21. The molecule has 1 atom stereocenters. The summed E-state index contributed by atoms with van der Waals surface area (Å²) in [4.78, 5) is 13.9. The van der Waals surface area contributed by atoms with E-state index in [9.17, 15) is 4.79 Å². The molecule has 0 bridgehead atoms. The third-order valence-corrected chi connectivity index (χ3v) is 4.10. The summed E-state index contributed by atoms with van der Waals surface area (Å²) in [6.45, 7) is 8.50. The fourth-order valence-electron chi connectivity index (χ4n) is 2.70. The second kappa shape index (κ2) is 8.31. The van der Waals surface area contributed by atoms with E-state index >= 15 is 0 Å². The van der Waals surface area contributed by atoms with Crippen molar-refractivity contribution < 1.29 is 4.79 Å². The van der Waals surface area contributed by atoms with Gasteiger partial charge in [-0.3, -0.25) is 4.79 Å². The maximum Gasteiger partial charge on any atom is 0.224 e. The number of carbonyl (C=O) groups is 1. The highest BCUT2D eigenvalue weighted by Gasteiger charge is 2.18. The number of nitrogens with zero attached hydrogens (tertiary/aromatic N) is 3. The van der Waals surface area contributed by atoms with Crippen molar-refractivity contribution in [3.05, 3.63) is 46.8 Å². The fourth-order valence-corrected chi connectivity index (χ4v) is 2.70.